The quantitative estimate of drug-likeness (QED) is 0.245. The first kappa shape index (κ1) is 19.2. The number of imide groups is 1. The monoisotopic (exact) mass is 427 g/mol. The summed E-state index contributed by atoms with van der Waals surface area (Å²) < 4.78 is 5.37. The average Bonchev–Trinajstić information content (AvgIpc) is 3.58. The molecule has 4 aliphatic carbocycles. The maximum Gasteiger partial charge on any atom is 0.343 e. The lowest BCUT2D eigenvalue weighted by Crippen LogP contribution is -2.40. The van der Waals surface area contributed by atoms with Crippen LogP contribution >= 0.6 is 0 Å². The molecule has 6 atom stereocenters. The number of anilines is 1. The summed E-state index contributed by atoms with van der Waals surface area (Å²) in [5.74, 6) is 0.463. The van der Waals surface area contributed by atoms with Gasteiger partial charge in [-0.1, -0.05) is 12.2 Å². The highest BCUT2D eigenvalue weighted by molar-refractivity contribution is 6.22. The van der Waals surface area contributed by atoms with Crippen LogP contribution in [0.5, 0.6) is 5.75 Å². The van der Waals surface area contributed by atoms with E-state index in [-0.39, 0.29) is 41.3 Å². The number of Topliss-reactive ketones (excluding diaryl/α,β-unsaturated/α-hetero) is 1. The predicted octanol–water partition coefficient (Wildman–Crippen LogP) is 3.67. The van der Waals surface area contributed by atoms with Crippen LogP contribution in [0.3, 0.4) is 0 Å². The van der Waals surface area contributed by atoms with Crippen molar-refractivity contribution in [3.05, 3.63) is 71.8 Å². The fraction of sp³-hybridized carbons (Fsp3) is 0.308. The molecule has 32 heavy (non-hydrogen) atoms. The molecule has 0 N–H and O–H groups in total. The molecule has 2 bridgehead atoms. The van der Waals surface area contributed by atoms with Crippen LogP contribution in [0.25, 0.3) is 0 Å². The topological polar surface area (TPSA) is 80.8 Å². The van der Waals surface area contributed by atoms with E-state index in [1.165, 1.54) is 11.8 Å². The van der Waals surface area contributed by atoms with Gasteiger partial charge in [-0.3, -0.25) is 19.3 Å². The molecule has 2 saturated carbocycles. The molecule has 0 aromatic heterocycles. The van der Waals surface area contributed by atoms with E-state index in [0.29, 0.717) is 34.4 Å². The summed E-state index contributed by atoms with van der Waals surface area (Å²) in [6.07, 6.45) is 5.43. The van der Waals surface area contributed by atoms with Crippen molar-refractivity contribution in [3.63, 3.8) is 0 Å². The number of carbonyl (C=O) groups is 4. The van der Waals surface area contributed by atoms with Gasteiger partial charge in [-0.05, 0) is 85.5 Å². The van der Waals surface area contributed by atoms with Gasteiger partial charge in [0.05, 0.1) is 23.1 Å². The van der Waals surface area contributed by atoms with Crippen molar-refractivity contribution in [2.24, 2.45) is 35.5 Å². The zero-order valence-corrected chi connectivity index (χ0v) is 17.4. The van der Waals surface area contributed by atoms with Crippen LogP contribution in [-0.2, 0) is 9.59 Å². The van der Waals surface area contributed by atoms with Crippen molar-refractivity contribution in [2.45, 2.75) is 13.3 Å². The molecule has 0 radical (unpaired) electrons. The molecule has 2 amide bonds. The second kappa shape index (κ2) is 6.73. The second-order valence-electron chi connectivity index (χ2n) is 9.18. The first-order valence-corrected chi connectivity index (χ1v) is 10.9. The van der Waals surface area contributed by atoms with Crippen LogP contribution in [0.2, 0.25) is 0 Å². The molecule has 2 aromatic carbocycles. The third-order valence-electron chi connectivity index (χ3n) is 7.50. The first-order chi connectivity index (χ1) is 15.4. The number of nitrogens with zero attached hydrogens (tertiary/aromatic N) is 1. The summed E-state index contributed by atoms with van der Waals surface area (Å²) >= 11 is 0. The molecule has 6 nitrogen and oxygen atoms in total. The summed E-state index contributed by atoms with van der Waals surface area (Å²) in [7, 11) is 0. The number of ether oxygens (including phenoxy) is 1. The highest BCUT2D eigenvalue weighted by atomic mass is 16.5. The number of esters is 1. The number of allylic oxidation sites excluding steroid dienone is 2. The Bertz CT molecular complexity index is 1160. The molecule has 1 aliphatic heterocycles. The van der Waals surface area contributed by atoms with Gasteiger partial charge in [-0.2, -0.15) is 0 Å². The molecule has 6 heteroatoms. The number of hydrogen-bond donors (Lipinski definition) is 0. The standard InChI is InChI=1S/C26H21NO5/c1-13(28)14-4-8-17(9-5-14)32-26(31)15-2-6-16(7-3-15)27-24(29)22-18-10-11-19(21-12-20(18)21)23(22)25(27)30/h2-11,18-23H,12H2,1H3/t18-,19-,20-,21+,22-,23+/m0/s1. The van der Waals surface area contributed by atoms with Gasteiger partial charge in [-0.25, -0.2) is 4.79 Å². The van der Waals surface area contributed by atoms with Gasteiger partial charge in [0.25, 0.3) is 0 Å². The smallest absolute Gasteiger partial charge is 0.343 e. The Hall–Kier alpha value is -3.54. The van der Waals surface area contributed by atoms with E-state index in [4.69, 9.17) is 4.74 Å². The zero-order chi connectivity index (χ0) is 22.1. The number of carbonyl (C=O) groups excluding carboxylic acids is 4. The van der Waals surface area contributed by atoms with Crippen LogP contribution in [-0.4, -0.2) is 23.6 Å². The van der Waals surface area contributed by atoms with E-state index in [9.17, 15) is 19.2 Å². The van der Waals surface area contributed by atoms with Gasteiger partial charge in [0, 0.05) is 5.56 Å². The van der Waals surface area contributed by atoms with E-state index in [1.54, 1.807) is 48.5 Å². The van der Waals surface area contributed by atoms with Gasteiger partial charge in [-0.15, -0.1) is 0 Å². The Morgan fingerprint density at radius 1 is 0.812 bits per heavy atom. The number of amides is 2. The van der Waals surface area contributed by atoms with Crippen molar-refractivity contribution in [3.8, 4) is 5.75 Å². The largest absolute Gasteiger partial charge is 0.423 e. The third-order valence-corrected chi connectivity index (χ3v) is 7.50. The highest BCUT2D eigenvalue weighted by Gasteiger charge is 2.67. The van der Waals surface area contributed by atoms with E-state index in [0.717, 1.165) is 6.42 Å². The van der Waals surface area contributed by atoms with E-state index in [1.807, 2.05) is 0 Å². The fourth-order valence-corrected chi connectivity index (χ4v) is 5.88. The lowest BCUT2D eigenvalue weighted by molar-refractivity contribution is -0.124. The molecule has 7 rings (SSSR count). The van der Waals surface area contributed by atoms with Gasteiger partial charge in [0.15, 0.2) is 5.78 Å². The van der Waals surface area contributed by atoms with Gasteiger partial charge >= 0.3 is 5.97 Å². The maximum atomic E-state index is 13.2. The minimum Gasteiger partial charge on any atom is -0.423 e. The summed E-state index contributed by atoms with van der Waals surface area (Å²) in [6, 6.07) is 12.7. The lowest BCUT2D eigenvalue weighted by atomic mass is 9.63. The number of benzene rings is 2. The Labute approximate surface area is 184 Å². The van der Waals surface area contributed by atoms with Gasteiger partial charge in [0.2, 0.25) is 11.8 Å². The maximum absolute atomic E-state index is 13.2. The van der Waals surface area contributed by atoms with Crippen molar-refractivity contribution >= 4 is 29.3 Å². The summed E-state index contributed by atoms with van der Waals surface area (Å²) in [4.78, 5) is 51.6. The van der Waals surface area contributed by atoms with Gasteiger partial charge in [0.1, 0.15) is 5.75 Å². The molecule has 1 saturated heterocycles. The van der Waals surface area contributed by atoms with Crippen LogP contribution in [0.4, 0.5) is 5.69 Å². The highest BCUT2D eigenvalue weighted by Crippen LogP contribution is 2.65. The van der Waals surface area contributed by atoms with Crippen molar-refractivity contribution in [2.75, 3.05) is 4.90 Å². The Kier molecular flexibility index (Phi) is 4.03. The van der Waals surface area contributed by atoms with Crippen LogP contribution < -0.4 is 9.64 Å². The minimum absolute atomic E-state index is 0.0647. The molecule has 5 aliphatic rings. The van der Waals surface area contributed by atoms with E-state index >= 15 is 0 Å². The molecular formula is C26H21NO5. The number of hydrogen-bond acceptors (Lipinski definition) is 5. The zero-order valence-electron chi connectivity index (χ0n) is 17.4. The minimum atomic E-state index is -0.554. The summed E-state index contributed by atoms with van der Waals surface area (Å²) in [5, 5.41) is 0. The SMILES string of the molecule is CC(=O)c1ccc(OC(=O)c2ccc(N3C(=O)[C@@H]4[C@H]5C=C[C@@H]([C@@H]6C[C@H]56)[C@@H]4C3=O)cc2)cc1. The number of ketones is 1. The van der Waals surface area contributed by atoms with Crippen LogP contribution in [0, 0.1) is 35.5 Å². The van der Waals surface area contributed by atoms with Gasteiger partial charge < -0.3 is 4.74 Å². The molecule has 0 unspecified atom stereocenters. The third kappa shape index (κ3) is 2.72. The summed E-state index contributed by atoms with van der Waals surface area (Å²) in [5.41, 5.74) is 1.34. The predicted molar refractivity (Wildman–Crippen MR) is 115 cm³/mol. The first-order valence-electron chi connectivity index (χ1n) is 10.9. The number of rotatable bonds is 4. The van der Waals surface area contributed by atoms with Crippen LogP contribution in [0.15, 0.2) is 60.7 Å². The molecule has 3 fully saturated rings. The normalized spacial score (nSPS) is 31.3. The average molecular weight is 427 g/mol. The molecule has 0 spiro atoms. The molecule has 160 valence electrons. The Morgan fingerprint density at radius 2 is 1.34 bits per heavy atom. The van der Waals surface area contributed by atoms with E-state index in [2.05, 4.69) is 12.2 Å². The van der Waals surface area contributed by atoms with Crippen molar-refractivity contribution < 1.29 is 23.9 Å². The molecular weight excluding hydrogens is 406 g/mol. The second-order valence-corrected chi connectivity index (χ2v) is 9.18. The fourth-order valence-electron chi connectivity index (χ4n) is 5.88. The Morgan fingerprint density at radius 3 is 1.88 bits per heavy atom. The lowest BCUT2D eigenvalue weighted by Gasteiger charge is -2.37. The summed E-state index contributed by atoms with van der Waals surface area (Å²) in [6.45, 7) is 1.47. The van der Waals surface area contributed by atoms with Crippen LogP contribution in [0.1, 0.15) is 34.1 Å². The van der Waals surface area contributed by atoms with E-state index < -0.39 is 5.97 Å². The molecule has 2 aromatic rings. The molecule has 1 heterocycles. The van der Waals surface area contributed by atoms with Crippen molar-refractivity contribution in [1.29, 1.82) is 0 Å². The Balaban J connectivity index is 1.19. The van der Waals surface area contributed by atoms with Crippen molar-refractivity contribution in [1.82, 2.24) is 0 Å².